The predicted octanol–water partition coefficient (Wildman–Crippen LogP) is 7.24. The number of hydrogen-bond acceptors (Lipinski definition) is 8. The maximum absolute atomic E-state index is 12.6. The predicted molar refractivity (Wildman–Crippen MR) is 171 cm³/mol. The van der Waals surface area contributed by atoms with Crippen LogP contribution in [0.1, 0.15) is 58.8 Å². The quantitative estimate of drug-likeness (QED) is 0.235. The molecule has 1 N–H and O–H groups in total. The number of rotatable bonds is 7. The molecule has 2 aromatic carbocycles. The third-order valence-electron chi connectivity index (χ3n) is 7.53. The van der Waals surface area contributed by atoms with Crippen molar-refractivity contribution in [3.05, 3.63) is 58.7 Å². The zero-order valence-electron chi connectivity index (χ0n) is 25.2. The minimum absolute atomic E-state index is 0.282. The number of halogens is 1. The number of carbonyl (C=O) groups is 1. The SMILES string of the molecule is Cc1cc2nc(-c3ccnc(N4CCN(C(C)C)CC4C)n3)sc2c(-c2ccc(Cl)cc2)c1[C@H](OC(C)(C)C)C(=O)O. The summed E-state index contributed by atoms with van der Waals surface area (Å²) in [6.45, 7) is 16.9. The molecule has 1 saturated heterocycles. The van der Waals surface area contributed by atoms with Gasteiger partial charge >= 0.3 is 5.97 Å². The smallest absolute Gasteiger partial charge is 0.337 e. The lowest BCUT2D eigenvalue weighted by Crippen LogP contribution is -2.54. The molecule has 0 radical (unpaired) electrons. The fourth-order valence-electron chi connectivity index (χ4n) is 5.51. The summed E-state index contributed by atoms with van der Waals surface area (Å²) in [6, 6.07) is 12.1. The molecule has 0 amide bonds. The summed E-state index contributed by atoms with van der Waals surface area (Å²) in [6.07, 6.45) is 0.627. The molecule has 42 heavy (non-hydrogen) atoms. The molecule has 2 aromatic heterocycles. The summed E-state index contributed by atoms with van der Waals surface area (Å²) in [7, 11) is 0. The first-order valence-electron chi connectivity index (χ1n) is 14.3. The molecule has 1 unspecified atom stereocenters. The second-order valence-electron chi connectivity index (χ2n) is 12.2. The standard InChI is InChI=1S/C32H38ClN5O3S/c1-18(2)37-14-15-38(20(4)17-37)31-34-13-12-23(36-31)29-35-24-16-19(3)25(27(30(39)40)41-32(5,6)7)26(28(24)42-29)21-8-10-22(33)11-9-21/h8-13,16,18,20,27H,14-15,17H2,1-7H3,(H,39,40)/t20?,27-/m0/s1. The Labute approximate surface area is 256 Å². The van der Waals surface area contributed by atoms with Crippen LogP contribution in [0.15, 0.2) is 42.6 Å². The van der Waals surface area contributed by atoms with Crippen molar-refractivity contribution >= 4 is 45.1 Å². The molecule has 0 bridgehead atoms. The van der Waals surface area contributed by atoms with Gasteiger partial charge in [-0.15, -0.1) is 11.3 Å². The highest BCUT2D eigenvalue weighted by Crippen LogP contribution is 2.44. The van der Waals surface area contributed by atoms with E-state index >= 15 is 0 Å². The molecule has 1 aliphatic heterocycles. The van der Waals surface area contributed by atoms with Gasteiger partial charge in [-0.2, -0.15) is 0 Å². The van der Waals surface area contributed by atoms with Gasteiger partial charge in [-0.3, -0.25) is 4.90 Å². The molecule has 0 saturated carbocycles. The van der Waals surface area contributed by atoms with Crippen LogP contribution in [-0.2, 0) is 9.53 Å². The Kier molecular flexibility index (Phi) is 8.58. The second-order valence-corrected chi connectivity index (χ2v) is 13.6. The van der Waals surface area contributed by atoms with Crippen molar-refractivity contribution in [2.45, 2.75) is 72.3 Å². The number of piperazine rings is 1. The van der Waals surface area contributed by atoms with Gasteiger partial charge in [0, 0.05) is 54.1 Å². The first-order chi connectivity index (χ1) is 19.8. The average molecular weight is 608 g/mol. The first-order valence-corrected chi connectivity index (χ1v) is 15.5. The zero-order valence-corrected chi connectivity index (χ0v) is 26.8. The summed E-state index contributed by atoms with van der Waals surface area (Å²) in [5, 5.41) is 11.7. The fraction of sp³-hybridized carbons (Fsp3) is 0.438. The van der Waals surface area contributed by atoms with E-state index in [2.05, 4.69) is 35.6 Å². The molecular formula is C32H38ClN5O3S. The van der Waals surface area contributed by atoms with Crippen LogP contribution >= 0.6 is 22.9 Å². The molecule has 8 nitrogen and oxygen atoms in total. The lowest BCUT2D eigenvalue weighted by Gasteiger charge is -2.41. The Hall–Kier alpha value is -3.11. The fourth-order valence-corrected chi connectivity index (χ4v) is 6.73. The summed E-state index contributed by atoms with van der Waals surface area (Å²) < 4.78 is 7.01. The van der Waals surface area contributed by atoms with Crippen LogP contribution in [0.3, 0.4) is 0 Å². The third-order valence-corrected chi connectivity index (χ3v) is 8.89. The van der Waals surface area contributed by atoms with Gasteiger partial charge in [-0.1, -0.05) is 23.7 Å². The van der Waals surface area contributed by atoms with Gasteiger partial charge in [0.05, 0.1) is 15.8 Å². The topological polar surface area (TPSA) is 91.7 Å². The summed E-state index contributed by atoms with van der Waals surface area (Å²) in [4.78, 5) is 31.9. The van der Waals surface area contributed by atoms with E-state index in [9.17, 15) is 9.90 Å². The molecular weight excluding hydrogens is 570 g/mol. The lowest BCUT2D eigenvalue weighted by molar-refractivity contribution is -0.160. The van der Waals surface area contributed by atoms with Crippen LogP contribution in [0.4, 0.5) is 5.95 Å². The average Bonchev–Trinajstić information content (AvgIpc) is 3.35. The van der Waals surface area contributed by atoms with E-state index in [1.807, 2.05) is 64.1 Å². The van der Waals surface area contributed by atoms with Crippen LogP contribution in [0.2, 0.25) is 5.02 Å². The Morgan fingerprint density at radius 1 is 1.14 bits per heavy atom. The summed E-state index contributed by atoms with van der Waals surface area (Å²) in [5.41, 5.74) is 3.89. The minimum Gasteiger partial charge on any atom is -0.479 e. The Morgan fingerprint density at radius 3 is 2.48 bits per heavy atom. The van der Waals surface area contributed by atoms with Crippen molar-refractivity contribution in [3.63, 3.8) is 0 Å². The van der Waals surface area contributed by atoms with Crippen molar-refractivity contribution in [2.75, 3.05) is 24.5 Å². The first kappa shape index (κ1) is 30.4. The number of benzene rings is 2. The minimum atomic E-state index is -1.16. The van der Waals surface area contributed by atoms with Gasteiger partial charge in [-0.05, 0) is 83.9 Å². The van der Waals surface area contributed by atoms with E-state index in [1.54, 1.807) is 6.20 Å². The number of nitrogens with zero attached hydrogens (tertiary/aromatic N) is 5. The molecule has 3 heterocycles. The summed E-state index contributed by atoms with van der Waals surface area (Å²) >= 11 is 7.73. The highest BCUT2D eigenvalue weighted by atomic mass is 35.5. The van der Waals surface area contributed by atoms with E-state index in [0.29, 0.717) is 22.6 Å². The molecule has 4 aromatic rings. The Balaban J connectivity index is 1.63. The highest BCUT2D eigenvalue weighted by molar-refractivity contribution is 7.22. The van der Waals surface area contributed by atoms with Gasteiger partial charge in [0.25, 0.3) is 0 Å². The normalized spacial score (nSPS) is 17.3. The van der Waals surface area contributed by atoms with Crippen LogP contribution in [0.25, 0.3) is 32.0 Å². The molecule has 1 fully saturated rings. The Morgan fingerprint density at radius 2 is 1.86 bits per heavy atom. The molecule has 222 valence electrons. The number of aryl methyl sites for hydroxylation is 1. The van der Waals surface area contributed by atoms with Gasteiger partial charge in [0.2, 0.25) is 5.95 Å². The van der Waals surface area contributed by atoms with Crippen molar-refractivity contribution in [1.82, 2.24) is 19.9 Å². The molecule has 0 spiro atoms. The molecule has 5 rings (SSSR count). The van der Waals surface area contributed by atoms with Crippen LogP contribution in [0.5, 0.6) is 0 Å². The zero-order chi connectivity index (χ0) is 30.3. The van der Waals surface area contributed by atoms with Gasteiger partial charge in [0.15, 0.2) is 6.10 Å². The van der Waals surface area contributed by atoms with E-state index in [4.69, 9.17) is 26.3 Å². The van der Waals surface area contributed by atoms with Crippen molar-refractivity contribution in [1.29, 1.82) is 0 Å². The number of anilines is 1. The van der Waals surface area contributed by atoms with E-state index < -0.39 is 17.7 Å². The molecule has 0 aliphatic carbocycles. The number of fused-ring (bicyclic) bond motifs is 1. The number of thiazole rings is 1. The van der Waals surface area contributed by atoms with Crippen LogP contribution in [-0.4, -0.2) is 68.2 Å². The third kappa shape index (κ3) is 6.29. The van der Waals surface area contributed by atoms with Gasteiger partial charge in [-0.25, -0.2) is 19.7 Å². The number of hydrogen-bond donors (Lipinski definition) is 1. The second kappa shape index (κ2) is 11.9. The highest BCUT2D eigenvalue weighted by Gasteiger charge is 2.33. The number of carboxylic acids is 1. The largest absolute Gasteiger partial charge is 0.479 e. The Bertz CT molecular complexity index is 1600. The van der Waals surface area contributed by atoms with Crippen LogP contribution < -0.4 is 4.90 Å². The molecule has 10 heteroatoms. The number of aromatic nitrogens is 3. The van der Waals surface area contributed by atoms with E-state index in [0.717, 1.165) is 57.2 Å². The maximum Gasteiger partial charge on any atom is 0.337 e. The lowest BCUT2D eigenvalue weighted by atomic mass is 9.91. The molecule has 2 atom stereocenters. The summed E-state index contributed by atoms with van der Waals surface area (Å²) in [5.74, 6) is -0.346. The van der Waals surface area contributed by atoms with Gasteiger partial charge < -0.3 is 14.7 Å². The number of carboxylic acid groups (broad SMARTS) is 1. The van der Waals surface area contributed by atoms with Crippen molar-refractivity contribution < 1.29 is 14.6 Å². The number of aliphatic carboxylic acids is 1. The van der Waals surface area contributed by atoms with Crippen molar-refractivity contribution in [2.24, 2.45) is 0 Å². The van der Waals surface area contributed by atoms with Crippen molar-refractivity contribution in [3.8, 4) is 21.8 Å². The molecule has 1 aliphatic rings. The van der Waals surface area contributed by atoms with E-state index in [1.165, 1.54) is 11.3 Å². The van der Waals surface area contributed by atoms with Crippen LogP contribution in [0, 0.1) is 6.92 Å². The van der Waals surface area contributed by atoms with E-state index in [-0.39, 0.29) is 6.04 Å². The maximum atomic E-state index is 12.6. The number of ether oxygens (including phenoxy) is 1. The monoisotopic (exact) mass is 607 g/mol. The van der Waals surface area contributed by atoms with Gasteiger partial charge in [0.1, 0.15) is 10.7 Å².